The van der Waals surface area contributed by atoms with Crippen molar-refractivity contribution in [1.82, 2.24) is 5.32 Å². The van der Waals surface area contributed by atoms with Gasteiger partial charge in [0.05, 0.1) is 11.6 Å². The predicted molar refractivity (Wildman–Crippen MR) is 78.4 cm³/mol. The lowest BCUT2D eigenvalue weighted by atomic mass is 10.2. The van der Waals surface area contributed by atoms with Gasteiger partial charge in [-0.1, -0.05) is 51.3 Å². The van der Waals surface area contributed by atoms with Crippen molar-refractivity contribution in [2.75, 3.05) is 6.61 Å². The first kappa shape index (κ1) is 15.3. The van der Waals surface area contributed by atoms with Crippen molar-refractivity contribution in [3.05, 3.63) is 28.8 Å². The van der Waals surface area contributed by atoms with Crippen LogP contribution in [0.3, 0.4) is 0 Å². The molecule has 18 heavy (non-hydrogen) atoms. The van der Waals surface area contributed by atoms with Gasteiger partial charge in [0, 0.05) is 12.6 Å². The maximum atomic E-state index is 6.20. The van der Waals surface area contributed by atoms with Gasteiger partial charge in [-0.05, 0) is 24.1 Å². The SMILES string of the molecule is CCCCCOc1ccc(CNC(C)C)cc1Cl. The second-order valence-electron chi connectivity index (χ2n) is 4.86. The molecule has 0 aliphatic carbocycles. The molecule has 0 spiro atoms. The van der Waals surface area contributed by atoms with E-state index < -0.39 is 0 Å². The molecule has 0 bridgehead atoms. The first-order valence-corrected chi connectivity index (χ1v) is 7.16. The summed E-state index contributed by atoms with van der Waals surface area (Å²) in [5, 5.41) is 4.07. The molecule has 0 atom stereocenters. The monoisotopic (exact) mass is 269 g/mol. The molecule has 1 rings (SSSR count). The Morgan fingerprint density at radius 3 is 2.67 bits per heavy atom. The van der Waals surface area contributed by atoms with E-state index >= 15 is 0 Å². The van der Waals surface area contributed by atoms with Crippen LogP contribution in [0.4, 0.5) is 0 Å². The molecule has 0 aromatic heterocycles. The van der Waals surface area contributed by atoms with Crippen molar-refractivity contribution >= 4 is 11.6 Å². The maximum absolute atomic E-state index is 6.20. The van der Waals surface area contributed by atoms with Gasteiger partial charge < -0.3 is 10.1 Å². The molecule has 0 heterocycles. The lowest BCUT2D eigenvalue weighted by Crippen LogP contribution is -2.21. The van der Waals surface area contributed by atoms with Gasteiger partial charge in [0.15, 0.2) is 0 Å². The third-order valence-corrected chi connectivity index (χ3v) is 3.01. The van der Waals surface area contributed by atoms with Crippen molar-refractivity contribution < 1.29 is 4.74 Å². The number of ether oxygens (including phenoxy) is 1. The Labute approximate surface area is 116 Å². The Hall–Kier alpha value is -0.730. The minimum absolute atomic E-state index is 0.480. The quantitative estimate of drug-likeness (QED) is 0.706. The van der Waals surface area contributed by atoms with Crippen molar-refractivity contribution in [3.63, 3.8) is 0 Å². The fraction of sp³-hybridized carbons (Fsp3) is 0.600. The number of hydrogen-bond acceptors (Lipinski definition) is 2. The summed E-state index contributed by atoms with van der Waals surface area (Å²) in [6.45, 7) is 8.04. The van der Waals surface area contributed by atoms with Gasteiger partial charge in [0.25, 0.3) is 0 Å². The van der Waals surface area contributed by atoms with Crippen LogP contribution in [0, 0.1) is 0 Å². The van der Waals surface area contributed by atoms with Crippen LogP contribution in [0.1, 0.15) is 45.6 Å². The van der Waals surface area contributed by atoms with Crippen LogP contribution in [-0.4, -0.2) is 12.6 Å². The maximum Gasteiger partial charge on any atom is 0.137 e. The molecule has 0 saturated heterocycles. The third kappa shape index (κ3) is 5.74. The number of nitrogens with one attached hydrogen (secondary N) is 1. The second kappa shape index (κ2) is 8.39. The molecule has 0 amide bonds. The molecule has 0 aliphatic rings. The van der Waals surface area contributed by atoms with E-state index in [-0.39, 0.29) is 0 Å². The first-order valence-electron chi connectivity index (χ1n) is 6.78. The number of unbranched alkanes of at least 4 members (excludes halogenated alkanes) is 2. The first-order chi connectivity index (χ1) is 8.63. The van der Waals surface area contributed by atoms with E-state index in [9.17, 15) is 0 Å². The normalized spacial score (nSPS) is 10.9. The lowest BCUT2D eigenvalue weighted by molar-refractivity contribution is 0.306. The largest absolute Gasteiger partial charge is 0.492 e. The molecule has 0 unspecified atom stereocenters. The molecular formula is C15H24ClNO. The van der Waals surface area contributed by atoms with E-state index in [1.54, 1.807) is 0 Å². The number of benzene rings is 1. The molecule has 2 nitrogen and oxygen atoms in total. The van der Waals surface area contributed by atoms with Crippen molar-refractivity contribution in [2.45, 2.75) is 52.6 Å². The van der Waals surface area contributed by atoms with Crippen LogP contribution >= 0.6 is 11.6 Å². The van der Waals surface area contributed by atoms with Crippen LogP contribution in [0.2, 0.25) is 5.02 Å². The number of halogens is 1. The zero-order chi connectivity index (χ0) is 13.4. The lowest BCUT2D eigenvalue weighted by Gasteiger charge is -2.11. The smallest absolute Gasteiger partial charge is 0.137 e. The molecule has 3 heteroatoms. The predicted octanol–water partition coefficient (Wildman–Crippen LogP) is 4.41. The highest BCUT2D eigenvalue weighted by Crippen LogP contribution is 2.25. The summed E-state index contributed by atoms with van der Waals surface area (Å²) in [6.07, 6.45) is 3.49. The Morgan fingerprint density at radius 2 is 2.06 bits per heavy atom. The summed E-state index contributed by atoms with van der Waals surface area (Å²) in [5.41, 5.74) is 1.19. The van der Waals surface area contributed by atoms with Crippen LogP contribution in [0.15, 0.2) is 18.2 Å². The summed E-state index contributed by atoms with van der Waals surface area (Å²) in [5.74, 6) is 0.793. The summed E-state index contributed by atoms with van der Waals surface area (Å²) in [7, 11) is 0. The summed E-state index contributed by atoms with van der Waals surface area (Å²) in [4.78, 5) is 0. The minimum Gasteiger partial charge on any atom is -0.492 e. The molecule has 0 radical (unpaired) electrons. The number of hydrogen-bond donors (Lipinski definition) is 1. The van der Waals surface area contributed by atoms with Crippen LogP contribution in [0.5, 0.6) is 5.75 Å². The number of rotatable bonds is 8. The summed E-state index contributed by atoms with van der Waals surface area (Å²) in [6, 6.07) is 6.49. The standard InChI is InChI=1S/C15H24ClNO/c1-4-5-6-9-18-15-8-7-13(10-14(15)16)11-17-12(2)3/h7-8,10,12,17H,4-6,9,11H2,1-3H3. The summed E-state index contributed by atoms with van der Waals surface area (Å²) >= 11 is 6.20. The van der Waals surface area contributed by atoms with Crippen molar-refractivity contribution in [3.8, 4) is 5.75 Å². The van der Waals surface area contributed by atoms with Crippen molar-refractivity contribution in [1.29, 1.82) is 0 Å². The van der Waals surface area contributed by atoms with Crippen molar-refractivity contribution in [2.24, 2.45) is 0 Å². The molecular weight excluding hydrogens is 246 g/mol. The molecule has 0 saturated carbocycles. The van der Waals surface area contributed by atoms with Gasteiger partial charge in [0.1, 0.15) is 5.75 Å². The van der Waals surface area contributed by atoms with E-state index in [1.807, 2.05) is 12.1 Å². The molecule has 0 fully saturated rings. The zero-order valence-electron chi connectivity index (χ0n) is 11.6. The summed E-state index contributed by atoms with van der Waals surface area (Å²) < 4.78 is 5.67. The van der Waals surface area contributed by atoms with Gasteiger partial charge in [-0.3, -0.25) is 0 Å². The Balaban J connectivity index is 2.46. The van der Waals surface area contributed by atoms with E-state index in [2.05, 4.69) is 32.2 Å². The van der Waals surface area contributed by atoms with Crippen LogP contribution in [0.25, 0.3) is 0 Å². The molecule has 1 aromatic rings. The third-order valence-electron chi connectivity index (χ3n) is 2.72. The average molecular weight is 270 g/mol. The van der Waals surface area contributed by atoms with E-state index in [0.717, 1.165) is 25.3 Å². The van der Waals surface area contributed by atoms with E-state index in [1.165, 1.54) is 18.4 Å². The second-order valence-corrected chi connectivity index (χ2v) is 5.26. The molecule has 1 aromatic carbocycles. The molecule has 1 N–H and O–H groups in total. The van der Waals surface area contributed by atoms with Gasteiger partial charge in [-0.25, -0.2) is 0 Å². The van der Waals surface area contributed by atoms with Gasteiger partial charge in [-0.2, -0.15) is 0 Å². The minimum atomic E-state index is 0.480. The molecule has 102 valence electrons. The Bertz CT molecular complexity index is 352. The topological polar surface area (TPSA) is 21.3 Å². The van der Waals surface area contributed by atoms with Crippen LogP contribution in [-0.2, 0) is 6.54 Å². The fourth-order valence-electron chi connectivity index (χ4n) is 1.63. The van der Waals surface area contributed by atoms with Crippen LogP contribution < -0.4 is 10.1 Å². The highest BCUT2D eigenvalue weighted by molar-refractivity contribution is 6.32. The Morgan fingerprint density at radius 1 is 1.28 bits per heavy atom. The molecule has 0 aliphatic heterocycles. The Kier molecular flexibility index (Phi) is 7.14. The van der Waals surface area contributed by atoms with Gasteiger partial charge >= 0.3 is 0 Å². The van der Waals surface area contributed by atoms with Gasteiger partial charge in [0.2, 0.25) is 0 Å². The zero-order valence-corrected chi connectivity index (χ0v) is 12.4. The van der Waals surface area contributed by atoms with Gasteiger partial charge in [-0.15, -0.1) is 0 Å². The average Bonchev–Trinajstić information content (AvgIpc) is 2.34. The fourth-order valence-corrected chi connectivity index (χ4v) is 1.89. The highest BCUT2D eigenvalue weighted by atomic mass is 35.5. The van der Waals surface area contributed by atoms with E-state index in [4.69, 9.17) is 16.3 Å². The highest BCUT2D eigenvalue weighted by Gasteiger charge is 2.03. The van der Waals surface area contributed by atoms with E-state index in [0.29, 0.717) is 11.1 Å².